The van der Waals surface area contributed by atoms with Crippen molar-refractivity contribution in [3.8, 4) is 16.4 Å². The molecule has 0 saturated carbocycles. The van der Waals surface area contributed by atoms with Crippen LogP contribution in [0.3, 0.4) is 0 Å². The maximum Gasteiger partial charge on any atom is 0.283 e. The summed E-state index contributed by atoms with van der Waals surface area (Å²) < 4.78 is 2.56. The lowest BCUT2D eigenvalue weighted by molar-refractivity contribution is 0.845. The summed E-state index contributed by atoms with van der Waals surface area (Å²) in [6.07, 6.45) is 0.770. The van der Waals surface area contributed by atoms with E-state index in [1.165, 1.54) is 16.0 Å². The molecule has 2 heterocycles. The van der Waals surface area contributed by atoms with Gasteiger partial charge in [-0.25, -0.2) is 4.98 Å². The number of para-hydroxylation sites is 1. The number of thiazole rings is 1. The van der Waals surface area contributed by atoms with E-state index in [2.05, 4.69) is 10.1 Å². The van der Waals surface area contributed by atoms with E-state index >= 15 is 0 Å². The molecule has 0 bridgehead atoms. The molecule has 0 aliphatic rings. The quantitative estimate of drug-likeness (QED) is 0.301. The van der Waals surface area contributed by atoms with E-state index < -0.39 is 0 Å². The van der Waals surface area contributed by atoms with Crippen LogP contribution in [0.5, 0.6) is 0 Å². The van der Waals surface area contributed by atoms with Gasteiger partial charge in [-0.05, 0) is 43.2 Å². The maximum atomic E-state index is 13.6. The summed E-state index contributed by atoms with van der Waals surface area (Å²) >= 11 is 7.46. The Labute approximate surface area is 200 Å². The lowest BCUT2D eigenvalue weighted by Crippen LogP contribution is -2.19. The van der Waals surface area contributed by atoms with Crippen molar-refractivity contribution >= 4 is 38.9 Å². The number of fused-ring (bicyclic) bond motifs is 1. The Balaban J connectivity index is 1.54. The van der Waals surface area contributed by atoms with Gasteiger partial charge < -0.3 is 0 Å². The van der Waals surface area contributed by atoms with Gasteiger partial charge in [0, 0.05) is 22.8 Å². The molecule has 3 aromatic carbocycles. The summed E-state index contributed by atoms with van der Waals surface area (Å²) in [6, 6.07) is 25.5. The van der Waals surface area contributed by atoms with Crippen molar-refractivity contribution in [1.29, 1.82) is 0 Å². The molecule has 2 aromatic heterocycles. The summed E-state index contributed by atoms with van der Waals surface area (Å²) in [6.45, 7) is 2.47. The maximum absolute atomic E-state index is 13.6. The van der Waals surface area contributed by atoms with Crippen molar-refractivity contribution < 1.29 is 0 Å². The number of H-pyrrole nitrogens is 1. The second kappa shape index (κ2) is 9.17. The number of nitrogens with zero attached hydrogens (tertiary/aromatic N) is 3. The van der Waals surface area contributed by atoms with E-state index in [9.17, 15) is 4.79 Å². The third kappa shape index (κ3) is 4.40. The molecule has 0 unspecified atom stereocenters. The summed E-state index contributed by atoms with van der Waals surface area (Å²) in [7, 11) is 0. The van der Waals surface area contributed by atoms with E-state index in [0.29, 0.717) is 28.0 Å². The molecule has 0 saturated heterocycles. The minimum absolute atomic E-state index is 0.152. The van der Waals surface area contributed by atoms with Crippen molar-refractivity contribution in [3.05, 3.63) is 105 Å². The van der Waals surface area contributed by atoms with Gasteiger partial charge in [-0.1, -0.05) is 77.5 Å². The molecule has 164 valence electrons. The first-order chi connectivity index (χ1) is 16.1. The van der Waals surface area contributed by atoms with E-state index in [0.717, 1.165) is 33.5 Å². The first-order valence-corrected chi connectivity index (χ1v) is 11.8. The number of nitrogens with one attached hydrogen (secondary N) is 1. The SMILES string of the molecule is CC(=NCCc1ccc(Cl)cc1)c1c(-c2ccccc2)[nH]n(-c2nc3ccccc3s2)c1=O. The van der Waals surface area contributed by atoms with Gasteiger partial charge in [-0.15, -0.1) is 0 Å². The number of aliphatic imine (C=N–C) groups is 1. The molecule has 0 fully saturated rings. The highest BCUT2D eigenvalue weighted by molar-refractivity contribution is 7.20. The lowest BCUT2D eigenvalue weighted by Gasteiger charge is -2.03. The first kappa shape index (κ1) is 21.4. The van der Waals surface area contributed by atoms with E-state index in [1.807, 2.05) is 85.8 Å². The zero-order valence-electron chi connectivity index (χ0n) is 18.0. The average Bonchev–Trinajstić information content (AvgIpc) is 3.42. The highest BCUT2D eigenvalue weighted by atomic mass is 35.5. The van der Waals surface area contributed by atoms with Crippen LogP contribution in [0.1, 0.15) is 18.1 Å². The van der Waals surface area contributed by atoms with E-state index in [1.54, 1.807) is 0 Å². The van der Waals surface area contributed by atoms with E-state index in [-0.39, 0.29) is 5.56 Å². The van der Waals surface area contributed by atoms with Crippen LogP contribution in [-0.2, 0) is 6.42 Å². The van der Waals surface area contributed by atoms with Crippen LogP contribution in [0, 0.1) is 0 Å². The minimum atomic E-state index is -0.152. The Morgan fingerprint density at radius 2 is 1.76 bits per heavy atom. The van der Waals surface area contributed by atoms with Crippen LogP contribution < -0.4 is 5.56 Å². The molecule has 5 rings (SSSR count). The fourth-order valence-corrected chi connectivity index (χ4v) is 4.81. The molecule has 0 atom stereocenters. The highest BCUT2D eigenvalue weighted by Gasteiger charge is 2.20. The second-order valence-electron chi connectivity index (χ2n) is 7.68. The molecule has 5 nitrogen and oxygen atoms in total. The molecular formula is C26H21ClN4OS. The molecule has 33 heavy (non-hydrogen) atoms. The number of aromatic amines is 1. The fourth-order valence-electron chi connectivity index (χ4n) is 3.76. The smallest absolute Gasteiger partial charge is 0.283 e. The molecular weight excluding hydrogens is 452 g/mol. The number of aromatic nitrogens is 3. The monoisotopic (exact) mass is 472 g/mol. The topological polar surface area (TPSA) is 63.0 Å². The van der Waals surface area contributed by atoms with Gasteiger partial charge in [-0.3, -0.25) is 14.9 Å². The summed E-state index contributed by atoms with van der Waals surface area (Å²) in [5.74, 6) is 0. The summed E-state index contributed by atoms with van der Waals surface area (Å²) in [5.41, 5.74) is 4.81. The fraction of sp³-hybridized carbons (Fsp3) is 0.115. The van der Waals surface area contributed by atoms with Gasteiger partial charge in [0.25, 0.3) is 5.56 Å². The van der Waals surface area contributed by atoms with Gasteiger partial charge in [0.15, 0.2) is 0 Å². The Kier molecular flexibility index (Phi) is 5.94. The number of halogens is 1. The van der Waals surface area contributed by atoms with Gasteiger partial charge >= 0.3 is 0 Å². The van der Waals surface area contributed by atoms with Gasteiger partial charge in [0.1, 0.15) is 0 Å². The first-order valence-electron chi connectivity index (χ1n) is 10.6. The average molecular weight is 473 g/mol. The third-order valence-corrected chi connectivity index (χ3v) is 6.72. The van der Waals surface area contributed by atoms with Crippen LogP contribution in [0.2, 0.25) is 5.02 Å². The van der Waals surface area contributed by atoms with Crippen molar-refractivity contribution in [2.24, 2.45) is 4.99 Å². The van der Waals surface area contributed by atoms with Crippen molar-refractivity contribution in [2.75, 3.05) is 6.54 Å². The Morgan fingerprint density at radius 1 is 1.03 bits per heavy atom. The van der Waals surface area contributed by atoms with Crippen molar-refractivity contribution in [1.82, 2.24) is 14.8 Å². The molecule has 7 heteroatoms. The van der Waals surface area contributed by atoms with E-state index in [4.69, 9.17) is 16.6 Å². The molecule has 0 radical (unpaired) electrons. The zero-order valence-corrected chi connectivity index (χ0v) is 19.5. The second-order valence-corrected chi connectivity index (χ2v) is 9.12. The summed E-state index contributed by atoms with van der Waals surface area (Å²) in [5, 5.41) is 4.62. The van der Waals surface area contributed by atoms with Crippen molar-refractivity contribution in [2.45, 2.75) is 13.3 Å². The normalized spacial score (nSPS) is 11.9. The van der Waals surface area contributed by atoms with Crippen LogP contribution in [0.25, 0.3) is 26.6 Å². The van der Waals surface area contributed by atoms with Crippen LogP contribution >= 0.6 is 22.9 Å². The Hall–Kier alpha value is -3.48. The number of benzene rings is 3. The molecule has 0 aliphatic heterocycles. The predicted molar refractivity (Wildman–Crippen MR) is 137 cm³/mol. The highest BCUT2D eigenvalue weighted by Crippen LogP contribution is 2.26. The Morgan fingerprint density at radius 3 is 2.52 bits per heavy atom. The van der Waals surface area contributed by atoms with Crippen LogP contribution in [0.15, 0.2) is 88.6 Å². The lowest BCUT2D eigenvalue weighted by atomic mass is 10.1. The molecule has 0 spiro atoms. The molecule has 0 aliphatic carbocycles. The van der Waals surface area contributed by atoms with Crippen LogP contribution in [-0.4, -0.2) is 27.0 Å². The standard InChI is InChI=1S/C26H21ClN4OS/c1-17(28-16-15-18-11-13-20(27)14-12-18)23-24(19-7-3-2-4-8-19)30-31(25(23)32)26-29-21-9-5-6-10-22(21)33-26/h2-14,30H,15-16H2,1H3. The molecule has 1 N–H and O–H groups in total. The van der Waals surface area contributed by atoms with Gasteiger partial charge in [0.05, 0.1) is 21.5 Å². The predicted octanol–water partition coefficient (Wildman–Crippen LogP) is 6.15. The van der Waals surface area contributed by atoms with Crippen molar-refractivity contribution in [3.63, 3.8) is 0 Å². The minimum Gasteiger partial charge on any atom is -0.289 e. The Bertz CT molecular complexity index is 1460. The largest absolute Gasteiger partial charge is 0.289 e. The molecule has 5 aromatic rings. The number of hydrogen-bond donors (Lipinski definition) is 1. The van der Waals surface area contributed by atoms with Crippen LogP contribution in [0.4, 0.5) is 0 Å². The third-order valence-electron chi connectivity index (χ3n) is 5.45. The molecule has 0 amide bonds. The van der Waals surface area contributed by atoms with Gasteiger partial charge in [-0.2, -0.15) is 4.68 Å². The number of rotatable bonds is 6. The summed E-state index contributed by atoms with van der Waals surface area (Å²) in [4.78, 5) is 23.0. The zero-order chi connectivity index (χ0) is 22.8. The van der Waals surface area contributed by atoms with Gasteiger partial charge in [0.2, 0.25) is 5.13 Å². The number of hydrogen-bond acceptors (Lipinski definition) is 4.